The monoisotopic (exact) mass is 244 g/mol. The highest BCUT2D eigenvalue weighted by Crippen LogP contribution is 1.96. The van der Waals surface area contributed by atoms with E-state index in [9.17, 15) is 14.4 Å². The first-order valence-electron chi connectivity index (χ1n) is 4.86. The minimum absolute atomic E-state index is 0.198. The highest BCUT2D eigenvalue weighted by atomic mass is 16.5. The maximum atomic E-state index is 11.5. The molecule has 7 heteroatoms. The third kappa shape index (κ3) is 6.31. The zero-order valence-corrected chi connectivity index (χ0v) is 9.97. The Hall–Kier alpha value is -1.89. The van der Waals surface area contributed by atoms with Crippen molar-refractivity contribution in [1.82, 2.24) is 10.2 Å². The van der Waals surface area contributed by atoms with E-state index in [4.69, 9.17) is 9.84 Å². The van der Waals surface area contributed by atoms with Gasteiger partial charge in [-0.3, -0.25) is 10.1 Å². The highest BCUT2D eigenvalue weighted by molar-refractivity contribution is 6.02. The Morgan fingerprint density at radius 2 is 2.00 bits per heavy atom. The number of carboxylic acids is 1. The van der Waals surface area contributed by atoms with Gasteiger partial charge in [0, 0.05) is 26.3 Å². The molecular weight excluding hydrogens is 228 g/mol. The second-order valence-electron chi connectivity index (χ2n) is 3.38. The quantitative estimate of drug-likeness (QED) is 0.654. The van der Waals surface area contributed by atoms with Gasteiger partial charge in [0.05, 0.1) is 12.6 Å². The molecule has 0 saturated heterocycles. The number of ether oxygens (including phenoxy) is 1. The van der Waals surface area contributed by atoms with E-state index in [1.807, 2.05) is 5.32 Å². The third-order valence-electron chi connectivity index (χ3n) is 2.00. The molecule has 0 radical (unpaired) electrons. The summed E-state index contributed by atoms with van der Waals surface area (Å²) in [6, 6.07) is -0.814. The number of likely N-dealkylation sites (N-methyl/N-ethyl adjacent to an activating group) is 1. The molecule has 1 unspecified atom stereocenters. The van der Waals surface area contributed by atoms with Gasteiger partial charge < -0.3 is 14.7 Å². The maximum Gasteiger partial charge on any atom is 0.328 e. The molecule has 96 valence electrons. The summed E-state index contributed by atoms with van der Waals surface area (Å²) in [6.07, 6.45) is 1.43. The van der Waals surface area contributed by atoms with E-state index in [1.54, 1.807) is 6.92 Å². The van der Waals surface area contributed by atoms with Crippen LogP contribution in [0.5, 0.6) is 0 Å². The number of methoxy groups -OCH3 is 1. The summed E-state index contributed by atoms with van der Waals surface area (Å²) in [5.74, 6) is -2.04. The van der Waals surface area contributed by atoms with E-state index in [2.05, 4.69) is 0 Å². The molecule has 2 N–H and O–H groups in total. The number of carbonyl (C=O) groups excluding carboxylic acids is 2. The number of carbonyl (C=O) groups is 3. The molecule has 0 aromatic carbocycles. The molecule has 0 aliphatic carbocycles. The van der Waals surface area contributed by atoms with Crippen molar-refractivity contribution in [2.45, 2.75) is 13.0 Å². The smallest absolute Gasteiger partial charge is 0.328 e. The minimum atomic E-state index is -1.26. The topological polar surface area (TPSA) is 95.9 Å². The number of carboxylic acid groups (broad SMARTS) is 1. The largest absolute Gasteiger partial charge is 0.478 e. The van der Waals surface area contributed by atoms with Crippen molar-refractivity contribution in [1.29, 1.82) is 0 Å². The number of nitrogens with one attached hydrogen (secondary N) is 1. The molecule has 7 nitrogen and oxygen atoms in total. The van der Waals surface area contributed by atoms with E-state index >= 15 is 0 Å². The number of urea groups is 1. The Morgan fingerprint density at radius 1 is 1.41 bits per heavy atom. The van der Waals surface area contributed by atoms with Crippen molar-refractivity contribution >= 4 is 17.9 Å². The van der Waals surface area contributed by atoms with E-state index in [0.717, 1.165) is 6.08 Å². The van der Waals surface area contributed by atoms with Crippen molar-refractivity contribution in [2.24, 2.45) is 0 Å². The fraction of sp³-hybridized carbons (Fsp3) is 0.500. The first kappa shape index (κ1) is 15.1. The van der Waals surface area contributed by atoms with Crippen molar-refractivity contribution < 1.29 is 24.2 Å². The molecule has 3 amide bonds. The molecule has 0 aromatic rings. The number of amides is 3. The zero-order chi connectivity index (χ0) is 13.4. The van der Waals surface area contributed by atoms with Crippen molar-refractivity contribution in [2.75, 3.05) is 20.8 Å². The van der Waals surface area contributed by atoms with Gasteiger partial charge in [-0.2, -0.15) is 0 Å². The lowest BCUT2D eigenvalue weighted by Crippen LogP contribution is -2.45. The second kappa shape index (κ2) is 7.39. The predicted molar refractivity (Wildman–Crippen MR) is 59.4 cm³/mol. The summed E-state index contributed by atoms with van der Waals surface area (Å²) in [6.45, 7) is 2.09. The Morgan fingerprint density at radius 3 is 2.47 bits per heavy atom. The van der Waals surface area contributed by atoms with Crippen LogP contribution in [0, 0.1) is 0 Å². The average molecular weight is 244 g/mol. The van der Waals surface area contributed by atoms with Crippen LogP contribution in [0.15, 0.2) is 12.2 Å². The van der Waals surface area contributed by atoms with Crippen LogP contribution in [0.2, 0.25) is 0 Å². The summed E-state index contributed by atoms with van der Waals surface area (Å²) in [7, 11) is 3.01. The first-order chi connectivity index (χ1) is 7.88. The van der Waals surface area contributed by atoms with E-state index in [0.29, 0.717) is 12.7 Å². The standard InChI is InChI=1S/C10H16N2O5/c1-7(6-17-3)12(2)10(16)11-8(13)4-5-9(14)15/h4-5,7H,6H2,1-3H3,(H,14,15)(H,11,13,16)/b5-4+. The molecule has 0 fully saturated rings. The molecule has 0 rings (SSSR count). The fourth-order valence-corrected chi connectivity index (χ4v) is 0.935. The minimum Gasteiger partial charge on any atom is -0.478 e. The summed E-state index contributed by atoms with van der Waals surface area (Å²) in [4.78, 5) is 34.0. The lowest BCUT2D eigenvalue weighted by atomic mass is 10.3. The molecule has 0 aliphatic rings. The van der Waals surface area contributed by atoms with Crippen LogP contribution >= 0.6 is 0 Å². The van der Waals surface area contributed by atoms with Gasteiger partial charge in [-0.1, -0.05) is 0 Å². The lowest BCUT2D eigenvalue weighted by molar-refractivity contribution is -0.131. The number of imide groups is 1. The highest BCUT2D eigenvalue weighted by Gasteiger charge is 2.16. The summed E-state index contributed by atoms with van der Waals surface area (Å²) >= 11 is 0. The second-order valence-corrected chi connectivity index (χ2v) is 3.38. The fourth-order valence-electron chi connectivity index (χ4n) is 0.935. The number of nitrogens with zero attached hydrogens (tertiary/aromatic N) is 1. The predicted octanol–water partition coefficient (Wildman–Crippen LogP) is -0.170. The van der Waals surface area contributed by atoms with Crippen LogP contribution in [-0.2, 0) is 14.3 Å². The van der Waals surface area contributed by atoms with Crippen LogP contribution < -0.4 is 5.32 Å². The van der Waals surface area contributed by atoms with Crippen LogP contribution in [0.25, 0.3) is 0 Å². The molecule has 0 saturated carbocycles. The zero-order valence-electron chi connectivity index (χ0n) is 9.97. The van der Waals surface area contributed by atoms with E-state index in [-0.39, 0.29) is 6.04 Å². The van der Waals surface area contributed by atoms with Gasteiger partial charge in [-0.05, 0) is 6.92 Å². The molecule has 0 aromatic heterocycles. The Labute approximate surface area is 99.0 Å². The van der Waals surface area contributed by atoms with E-state index in [1.165, 1.54) is 19.1 Å². The molecule has 0 aliphatic heterocycles. The van der Waals surface area contributed by atoms with Crippen LogP contribution in [0.1, 0.15) is 6.92 Å². The van der Waals surface area contributed by atoms with Crippen molar-refractivity contribution in [3.8, 4) is 0 Å². The van der Waals surface area contributed by atoms with Gasteiger partial charge in [-0.25, -0.2) is 9.59 Å². The van der Waals surface area contributed by atoms with Crippen LogP contribution in [0.3, 0.4) is 0 Å². The van der Waals surface area contributed by atoms with E-state index < -0.39 is 17.9 Å². The molecule has 17 heavy (non-hydrogen) atoms. The molecule has 0 heterocycles. The third-order valence-corrected chi connectivity index (χ3v) is 2.00. The van der Waals surface area contributed by atoms with Gasteiger partial charge in [0.2, 0.25) is 0 Å². The molecular formula is C10H16N2O5. The van der Waals surface area contributed by atoms with Gasteiger partial charge in [0.1, 0.15) is 0 Å². The van der Waals surface area contributed by atoms with Gasteiger partial charge >= 0.3 is 12.0 Å². The first-order valence-corrected chi connectivity index (χ1v) is 4.86. The molecule has 1 atom stereocenters. The normalized spacial score (nSPS) is 12.2. The number of rotatable bonds is 5. The number of aliphatic carboxylic acids is 1. The molecule has 0 bridgehead atoms. The number of hydrogen-bond donors (Lipinski definition) is 2. The summed E-state index contributed by atoms with van der Waals surface area (Å²) < 4.78 is 4.86. The van der Waals surface area contributed by atoms with Gasteiger partial charge in [0.15, 0.2) is 0 Å². The maximum absolute atomic E-state index is 11.5. The molecule has 0 spiro atoms. The van der Waals surface area contributed by atoms with Crippen LogP contribution in [0.4, 0.5) is 4.79 Å². The lowest BCUT2D eigenvalue weighted by Gasteiger charge is -2.23. The van der Waals surface area contributed by atoms with Crippen molar-refractivity contribution in [3.05, 3.63) is 12.2 Å². The number of hydrogen-bond acceptors (Lipinski definition) is 4. The van der Waals surface area contributed by atoms with Gasteiger partial charge in [-0.15, -0.1) is 0 Å². The summed E-state index contributed by atoms with van der Waals surface area (Å²) in [5.41, 5.74) is 0. The Bertz CT molecular complexity index is 327. The van der Waals surface area contributed by atoms with Crippen LogP contribution in [-0.4, -0.2) is 54.7 Å². The van der Waals surface area contributed by atoms with Crippen molar-refractivity contribution in [3.63, 3.8) is 0 Å². The van der Waals surface area contributed by atoms with Gasteiger partial charge in [0.25, 0.3) is 5.91 Å². The SMILES string of the molecule is COCC(C)N(C)C(=O)NC(=O)/C=C/C(=O)O. The summed E-state index contributed by atoms with van der Waals surface area (Å²) in [5, 5.41) is 10.3. The Balaban J connectivity index is 4.25. The Kier molecular flexibility index (Phi) is 6.57. The average Bonchev–Trinajstić information content (AvgIpc) is 2.25.